The molecule has 2 aliphatic rings. The SMILES string of the molecule is CCOc1cc(OCC)c(C[NH+]2CCC3(CC2)CC(=O)N(c2ccc(C(=O)O)cc2)C3)c(OCC)c1.O=C([O-])C(F)(F)F. The van der Waals surface area contributed by atoms with Gasteiger partial charge in [0.1, 0.15) is 29.8 Å². The van der Waals surface area contributed by atoms with E-state index >= 15 is 0 Å². The van der Waals surface area contributed by atoms with Crippen LogP contribution in [0.2, 0.25) is 0 Å². The van der Waals surface area contributed by atoms with E-state index in [1.807, 2.05) is 37.8 Å². The number of alkyl halides is 3. The Labute approximate surface area is 247 Å². The van der Waals surface area contributed by atoms with Crippen LogP contribution in [0.15, 0.2) is 36.4 Å². The molecule has 0 aromatic heterocycles. The zero-order valence-corrected chi connectivity index (χ0v) is 24.4. The third-order valence-electron chi connectivity index (χ3n) is 7.47. The van der Waals surface area contributed by atoms with Crippen molar-refractivity contribution in [3.05, 3.63) is 47.5 Å². The molecule has 2 N–H and O–H groups in total. The zero-order valence-electron chi connectivity index (χ0n) is 24.4. The summed E-state index contributed by atoms with van der Waals surface area (Å²) in [6, 6.07) is 10.5. The summed E-state index contributed by atoms with van der Waals surface area (Å²) in [7, 11) is 0. The molecule has 2 aromatic rings. The van der Waals surface area contributed by atoms with Gasteiger partial charge >= 0.3 is 12.1 Å². The summed E-state index contributed by atoms with van der Waals surface area (Å²) in [5, 5.41) is 17.9. The van der Waals surface area contributed by atoms with E-state index in [1.54, 1.807) is 24.3 Å². The van der Waals surface area contributed by atoms with Gasteiger partial charge in [0.2, 0.25) is 5.91 Å². The molecule has 1 amide bonds. The van der Waals surface area contributed by atoms with Crippen molar-refractivity contribution in [2.75, 3.05) is 44.4 Å². The van der Waals surface area contributed by atoms with E-state index in [0.29, 0.717) is 32.8 Å². The van der Waals surface area contributed by atoms with Crippen LogP contribution in [0.5, 0.6) is 17.2 Å². The van der Waals surface area contributed by atoms with E-state index in [4.69, 9.17) is 29.2 Å². The number of carbonyl (C=O) groups is 3. The Hall–Kier alpha value is -4.00. The number of piperidine rings is 1. The Morgan fingerprint density at radius 1 is 0.977 bits per heavy atom. The van der Waals surface area contributed by atoms with Gasteiger partial charge in [-0.3, -0.25) is 4.79 Å². The van der Waals surface area contributed by atoms with Crippen molar-refractivity contribution in [3.8, 4) is 17.2 Å². The predicted octanol–water partition coefficient (Wildman–Crippen LogP) is 2.48. The summed E-state index contributed by atoms with van der Waals surface area (Å²) in [6.07, 6.45) is -2.73. The average molecular weight is 611 g/mol. The van der Waals surface area contributed by atoms with Gasteiger partial charge in [-0.15, -0.1) is 0 Å². The molecule has 2 saturated heterocycles. The van der Waals surface area contributed by atoms with Crippen LogP contribution in [0.1, 0.15) is 56.0 Å². The quantitative estimate of drug-likeness (QED) is 0.420. The average Bonchev–Trinajstić information content (AvgIpc) is 3.27. The number of quaternary nitrogens is 1. The van der Waals surface area contributed by atoms with Crippen molar-refractivity contribution in [2.45, 2.75) is 52.8 Å². The third kappa shape index (κ3) is 8.76. The van der Waals surface area contributed by atoms with E-state index in [0.717, 1.165) is 61.0 Å². The highest BCUT2D eigenvalue weighted by Gasteiger charge is 2.46. The minimum absolute atomic E-state index is 0.0314. The van der Waals surface area contributed by atoms with Crippen LogP contribution in [-0.2, 0) is 16.1 Å². The lowest BCUT2D eigenvalue weighted by Crippen LogP contribution is -3.12. The highest BCUT2D eigenvalue weighted by Crippen LogP contribution is 2.41. The van der Waals surface area contributed by atoms with Crippen LogP contribution in [0.25, 0.3) is 0 Å². The summed E-state index contributed by atoms with van der Waals surface area (Å²) in [5.41, 5.74) is 2.03. The molecular weight excluding hydrogens is 573 g/mol. The summed E-state index contributed by atoms with van der Waals surface area (Å²) in [6.45, 7) is 11.0. The Morgan fingerprint density at radius 3 is 1.93 bits per heavy atom. The number of carboxylic acid groups (broad SMARTS) is 2. The van der Waals surface area contributed by atoms with Crippen LogP contribution in [0.4, 0.5) is 18.9 Å². The van der Waals surface area contributed by atoms with Gasteiger partial charge in [-0.1, -0.05) is 0 Å². The van der Waals surface area contributed by atoms with Crippen molar-refractivity contribution in [2.24, 2.45) is 5.41 Å². The molecule has 4 rings (SSSR count). The Bertz CT molecular complexity index is 1250. The number of hydrogen-bond donors (Lipinski definition) is 2. The number of carboxylic acids is 2. The number of nitrogens with one attached hydrogen (secondary N) is 1. The van der Waals surface area contributed by atoms with E-state index in [9.17, 15) is 22.8 Å². The smallest absolute Gasteiger partial charge is 0.430 e. The first-order valence-electron chi connectivity index (χ1n) is 14.1. The predicted molar refractivity (Wildman–Crippen MR) is 147 cm³/mol. The van der Waals surface area contributed by atoms with E-state index in [1.165, 1.54) is 4.90 Å². The first kappa shape index (κ1) is 33.5. The van der Waals surface area contributed by atoms with Gasteiger partial charge in [0.15, 0.2) is 0 Å². The molecule has 236 valence electrons. The molecule has 0 saturated carbocycles. The molecule has 13 heteroatoms. The number of aromatic carboxylic acids is 1. The van der Waals surface area contributed by atoms with Gasteiger partial charge in [-0.2, -0.15) is 13.2 Å². The van der Waals surface area contributed by atoms with Crippen LogP contribution in [0, 0.1) is 5.41 Å². The summed E-state index contributed by atoms with van der Waals surface area (Å²) < 4.78 is 49.2. The molecule has 43 heavy (non-hydrogen) atoms. The molecule has 0 atom stereocenters. The molecule has 2 heterocycles. The lowest BCUT2D eigenvalue weighted by Gasteiger charge is -2.36. The first-order chi connectivity index (χ1) is 20.3. The standard InChI is InChI=1S/C28H36N2O6.C2HF3O2/c1-4-34-22-15-24(35-5-2)23(25(16-22)36-6-3)18-29-13-11-28(12-14-29)17-26(31)30(19-28)21-9-7-20(8-10-21)27(32)33;3-2(4,5)1(6)7/h7-10,15-16H,4-6,11-14,17-19H2,1-3H3,(H,32,33);(H,6,7). The van der Waals surface area contributed by atoms with Crippen molar-refractivity contribution in [3.63, 3.8) is 0 Å². The molecule has 10 nitrogen and oxygen atoms in total. The Morgan fingerprint density at radius 2 is 1.49 bits per heavy atom. The number of aliphatic carboxylic acids is 1. The Kier molecular flexibility index (Phi) is 11.3. The number of amides is 1. The molecule has 2 aromatic carbocycles. The fourth-order valence-electron chi connectivity index (χ4n) is 5.40. The van der Waals surface area contributed by atoms with Gasteiger partial charge < -0.3 is 39.0 Å². The highest BCUT2D eigenvalue weighted by atomic mass is 19.4. The van der Waals surface area contributed by atoms with Crippen molar-refractivity contribution in [1.29, 1.82) is 0 Å². The number of hydrogen-bond acceptors (Lipinski definition) is 7. The minimum atomic E-state index is -5.19. The van der Waals surface area contributed by atoms with Gasteiger partial charge in [-0.25, -0.2) is 4.79 Å². The maximum atomic E-state index is 12.9. The van der Waals surface area contributed by atoms with Gasteiger partial charge in [0.25, 0.3) is 0 Å². The largest absolute Gasteiger partial charge is 0.542 e. The van der Waals surface area contributed by atoms with Crippen LogP contribution < -0.4 is 29.1 Å². The third-order valence-corrected chi connectivity index (χ3v) is 7.47. The van der Waals surface area contributed by atoms with Gasteiger partial charge in [0, 0.05) is 49.0 Å². The first-order valence-corrected chi connectivity index (χ1v) is 14.1. The summed E-state index contributed by atoms with van der Waals surface area (Å²) in [4.78, 5) is 36.1. The summed E-state index contributed by atoms with van der Waals surface area (Å²) >= 11 is 0. The van der Waals surface area contributed by atoms with E-state index in [2.05, 4.69) is 0 Å². The number of halogens is 3. The van der Waals surface area contributed by atoms with Gasteiger partial charge in [-0.05, 0) is 45.0 Å². The van der Waals surface area contributed by atoms with Crippen LogP contribution >= 0.6 is 0 Å². The lowest BCUT2D eigenvalue weighted by molar-refractivity contribution is -0.921. The maximum absolute atomic E-state index is 12.9. The minimum Gasteiger partial charge on any atom is -0.542 e. The molecule has 0 radical (unpaired) electrons. The number of likely N-dealkylation sites (tertiary alicyclic amines) is 1. The monoisotopic (exact) mass is 610 g/mol. The van der Waals surface area contributed by atoms with Crippen molar-refractivity contribution in [1.82, 2.24) is 0 Å². The molecular formula is C30H37F3N2O8. The topological polar surface area (TPSA) is 130 Å². The van der Waals surface area contributed by atoms with Crippen LogP contribution in [-0.4, -0.2) is 68.6 Å². The normalized spacial score (nSPS) is 19.9. The van der Waals surface area contributed by atoms with Crippen molar-refractivity contribution >= 4 is 23.5 Å². The van der Waals surface area contributed by atoms with E-state index < -0.39 is 18.1 Å². The molecule has 2 aliphatic heterocycles. The highest BCUT2D eigenvalue weighted by molar-refractivity contribution is 5.97. The second-order valence-corrected chi connectivity index (χ2v) is 10.4. The number of rotatable bonds is 10. The van der Waals surface area contributed by atoms with E-state index in [-0.39, 0.29) is 16.9 Å². The number of benzene rings is 2. The van der Waals surface area contributed by atoms with Gasteiger partial charge in [0.05, 0.1) is 44.0 Å². The number of nitrogens with zero attached hydrogens (tertiary/aromatic N) is 1. The molecule has 1 spiro atoms. The fraction of sp³-hybridized carbons (Fsp3) is 0.500. The molecule has 0 unspecified atom stereocenters. The van der Waals surface area contributed by atoms with Crippen LogP contribution in [0.3, 0.4) is 0 Å². The van der Waals surface area contributed by atoms with Crippen molar-refractivity contribution < 1.29 is 56.9 Å². The number of carbonyl (C=O) groups excluding carboxylic acids is 2. The zero-order chi connectivity index (χ0) is 31.8. The number of ether oxygens (including phenoxy) is 3. The molecule has 0 aliphatic carbocycles. The second-order valence-electron chi connectivity index (χ2n) is 10.4. The molecule has 2 fully saturated rings. The number of anilines is 1. The lowest BCUT2D eigenvalue weighted by atomic mass is 9.77. The second kappa shape index (κ2) is 14.5. The Balaban J connectivity index is 0.000000646. The molecule has 0 bridgehead atoms. The maximum Gasteiger partial charge on any atom is 0.430 e. The fourth-order valence-corrected chi connectivity index (χ4v) is 5.40. The summed E-state index contributed by atoms with van der Waals surface area (Å²) in [5.74, 6) is -1.48.